The predicted octanol–water partition coefficient (Wildman–Crippen LogP) is 3.47. The van der Waals surface area contributed by atoms with Gasteiger partial charge < -0.3 is 10.2 Å². The number of carbonyl (C=O) groups is 2. The standard InChI is InChI=1S/C19H24N4O2/c1-6-10-23(17(25)19(4,5)13-21)15-9-7-8-14(11-15)22-16(24)18(2,3)12-20/h7-9,11H,6,10H2,1-5H3,(H,22,24). The second kappa shape index (κ2) is 7.81. The Morgan fingerprint density at radius 1 is 1.12 bits per heavy atom. The molecule has 0 aromatic heterocycles. The van der Waals surface area contributed by atoms with Gasteiger partial charge in [-0.2, -0.15) is 10.5 Å². The van der Waals surface area contributed by atoms with Crippen LogP contribution in [0.1, 0.15) is 41.0 Å². The zero-order valence-electron chi connectivity index (χ0n) is 15.4. The molecule has 1 rings (SSSR count). The van der Waals surface area contributed by atoms with E-state index in [2.05, 4.69) is 5.32 Å². The summed E-state index contributed by atoms with van der Waals surface area (Å²) in [5.74, 6) is -0.712. The van der Waals surface area contributed by atoms with E-state index in [0.29, 0.717) is 17.9 Å². The number of nitriles is 2. The molecule has 0 fully saturated rings. The van der Waals surface area contributed by atoms with Crippen LogP contribution in [0.3, 0.4) is 0 Å². The highest BCUT2D eigenvalue weighted by atomic mass is 16.2. The first-order valence-electron chi connectivity index (χ1n) is 8.15. The molecule has 0 heterocycles. The van der Waals surface area contributed by atoms with Crippen LogP contribution in [0.25, 0.3) is 0 Å². The van der Waals surface area contributed by atoms with Gasteiger partial charge in [-0.15, -0.1) is 0 Å². The van der Waals surface area contributed by atoms with Gasteiger partial charge in [0.1, 0.15) is 10.8 Å². The van der Waals surface area contributed by atoms with E-state index in [9.17, 15) is 14.9 Å². The van der Waals surface area contributed by atoms with Gasteiger partial charge in [0.2, 0.25) is 11.8 Å². The SMILES string of the molecule is CCCN(C(=O)C(C)(C)C#N)c1cccc(NC(=O)C(C)(C)C#N)c1. The van der Waals surface area contributed by atoms with Crippen molar-refractivity contribution in [2.45, 2.75) is 41.0 Å². The van der Waals surface area contributed by atoms with E-state index in [4.69, 9.17) is 5.26 Å². The van der Waals surface area contributed by atoms with Crippen LogP contribution in [0.5, 0.6) is 0 Å². The summed E-state index contributed by atoms with van der Waals surface area (Å²) in [6, 6.07) is 10.8. The highest BCUT2D eigenvalue weighted by Gasteiger charge is 2.33. The minimum absolute atomic E-state index is 0.294. The Morgan fingerprint density at radius 3 is 2.24 bits per heavy atom. The van der Waals surface area contributed by atoms with Crippen molar-refractivity contribution in [3.8, 4) is 12.1 Å². The molecule has 0 unspecified atom stereocenters. The summed E-state index contributed by atoms with van der Waals surface area (Å²) in [6.07, 6.45) is 0.727. The number of anilines is 2. The molecule has 6 heteroatoms. The van der Waals surface area contributed by atoms with Crippen molar-refractivity contribution in [1.82, 2.24) is 0 Å². The number of carbonyl (C=O) groups excluding carboxylic acids is 2. The number of hydrogen-bond donors (Lipinski definition) is 1. The second-order valence-electron chi connectivity index (χ2n) is 6.93. The van der Waals surface area contributed by atoms with Gasteiger partial charge in [-0.1, -0.05) is 13.0 Å². The molecule has 1 aromatic rings. The van der Waals surface area contributed by atoms with Crippen LogP contribution in [0.4, 0.5) is 11.4 Å². The van der Waals surface area contributed by atoms with E-state index < -0.39 is 16.7 Å². The van der Waals surface area contributed by atoms with Gasteiger partial charge in [-0.3, -0.25) is 9.59 Å². The van der Waals surface area contributed by atoms with Crippen molar-refractivity contribution in [1.29, 1.82) is 10.5 Å². The first kappa shape index (κ1) is 20.2. The fourth-order valence-corrected chi connectivity index (χ4v) is 2.05. The number of hydrogen-bond acceptors (Lipinski definition) is 4. The van der Waals surface area contributed by atoms with Crippen LogP contribution in [0.2, 0.25) is 0 Å². The number of nitrogens with one attached hydrogen (secondary N) is 1. The average Bonchev–Trinajstić information content (AvgIpc) is 2.59. The fraction of sp³-hybridized carbons (Fsp3) is 0.474. The lowest BCUT2D eigenvalue weighted by atomic mass is 9.93. The largest absolute Gasteiger partial charge is 0.325 e. The summed E-state index contributed by atoms with van der Waals surface area (Å²) >= 11 is 0. The molecular formula is C19H24N4O2. The summed E-state index contributed by atoms with van der Waals surface area (Å²) in [5, 5.41) is 21.0. The molecule has 0 atom stereocenters. The smallest absolute Gasteiger partial charge is 0.246 e. The Morgan fingerprint density at radius 2 is 1.72 bits per heavy atom. The maximum Gasteiger partial charge on any atom is 0.246 e. The summed E-state index contributed by atoms with van der Waals surface area (Å²) < 4.78 is 0. The number of rotatable bonds is 6. The van der Waals surface area contributed by atoms with Crippen LogP contribution < -0.4 is 10.2 Å². The van der Waals surface area contributed by atoms with Gasteiger partial charge in [-0.05, 0) is 52.3 Å². The Kier molecular flexibility index (Phi) is 6.30. The lowest BCUT2D eigenvalue weighted by Crippen LogP contribution is -2.41. The van der Waals surface area contributed by atoms with Crippen molar-refractivity contribution >= 4 is 23.2 Å². The molecular weight excluding hydrogens is 316 g/mol. The topological polar surface area (TPSA) is 97.0 Å². The molecule has 0 radical (unpaired) electrons. The number of benzene rings is 1. The third-order valence-corrected chi connectivity index (χ3v) is 3.77. The molecule has 0 aliphatic carbocycles. The van der Waals surface area contributed by atoms with Gasteiger partial charge in [0, 0.05) is 17.9 Å². The van der Waals surface area contributed by atoms with E-state index in [1.807, 2.05) is 19.1 Å². The molecule has 0 aliphatic rings. The molecule has 1 aromatic carbocycles. The highest BCUT2D eigenvalue weighted by Crippen LogP contribution is 2.26. The Balaban J connectivity index is 3.16. The number of amides is 2. The van der Waals surface area contributed by atoms with Crippen LogP contribution in [0.15, 0.2) is 24.3 Å². The van der Waals surface area contributed by atoms with Gasteiger partial charge in [0.25, 0.3) is 0 Å². The Hall–Kier alpha value is -2.86. The number of nitrogens with zero attached hydrogens (tertiary/aromatic N) is 3. The van der Waals surface area contributed by atoms with Gasteiger partial charge in [0.05, 0.1) is 12.1 Å². The minimum atomic E-state index is -1.16. The van der Waals surface area contributed by atoms with Crippen molar-refractivity contribution in [2.24, 2.45) is 10.8 Å². The molecule has 0 spiro atoms. The maximum atomic E-state index is 12.7. The van der Waals surface area contributed by atoms with Crippen molar-refractivity contribution in [2.75, 3.05) is 16.8 Å². The van der Waals surface area contributed by atoms with Crippen molar-refractivity contribution < 1.29 is 9.59 Å². The monoisotopic (exact) mass is 340 g/mol. The second-order valence-corrected chi connectivity index (χ2v) is 6.93. The van der Waals surface area contributed by atoms with Crippen LogP contribution in [-0.4, -0.2) is 18.4 Å². The summed E-state index contributed by atoms with van der Waals surface area (Å²) in [4.78, 5) is 26.4. The molecule has 25 heavy (non-hydrogen) atoms. The quantitative estimate of drug-likeness (QED) is 0.857. The molecule has 6 nitrogen and oxygen atoms in total. The Bertz CT molecular complexity index is 739. The maximum absolute atomic E-state index is 12.7. The lowest BCUT2D eigenvalue weighted by Gasteiger charge is -2.28. The highest BCUT2D eigenvalue weighted by molar-refractivity contribution is 6.00. The molecule has 0 saturated carbocycles. The fourth-order valence-electron chi connectivity index (χ4n) is 2.05. The zero-order chi connectivity index (χ0) is 19.3. The minimum Gasteiger partial charge on any atom is -0.325 e. The molecule has 1 N–H and O–H groups in total. The zero-order valence-corrected chi connectivity index (χ0v) is 15.4. The van der Waals surface area contributed by atoms with Crippen molar-refractivity contribution in [3.05, 3.63) is 24.3 Å². The van der Waals surface area contributed by atoms with Crippen molar-refractivity contribution in [3.63, 3.8) is 0 Å². The van der Waals surface area contributed by atoms with Gasteiger partial charge in [0.15, 0.2) is 0 Å². The van der Waals surface area contributed by atoms with E-state index in [1.165, 1.54) is 13.8 Å². The van der Waals surface area contributed by atoms with E-state index in [0.717, 1.165) is 6.42 Å². The third-order valence-electron chi connectivity index (χ3n) is 3.77. The normalized spacial score (nSPS) is 11.2. The summed E-state index contributed by atoms with van der Waals surface area (Å²) in [6.45, 7) is 8.65. The van der Waals surface area contributed by atoms with E-state index in [-0.39, 0.29) is 5.91 Å². The molecule has 132 valence electrons. The molecule has 0 aliphatic heterocycles. The van der Waals surface area contributed by atoms with Crippen LogP contribution in [-0.2, 0) is 9.59 Å². The summed E-state index contributed by atoms with van der Waals surface area (Å²) in [5.41, 5.74) is -1.20. The Labute approximate surface area is 149 Å². The van der Waals surface area contributed by atoms with Gasteiger partial charge in [-0.25, -0.2) is 0 Å². The molecule has 0 saturated heterocycles. The predicted molar refractivity (Wildman–Crippen MR) is 96.5 cm³/mol. The van der Waals surface area contributed by atoms with Crippen LogP contribution >= 0.6 is 0 Å². The van der Waals surface area contributed by atoms with Gasteiger partial charge >= 0.3 is 0 Å². The first-order chi connectivity index (χ1) is 11.6. The third kappa shape index (κ3) is 4.81. The van der Waals surface area contributed by atoms with E-state index >= 15 is 0 Å². The molecule has 0 bridgehead atoms. The van der Waals surface area contributed by atoms with Crippen LogP contribution in [0, 0.1) is 33.5 Å². The molecule has 2 amide bonds. The lowest BCUT2D eigenvalue weighted by molar-refractivity contribution is -0.124. The summed E-state index contributed by atoms with van der Waals surface area (Å²) in [7, 11) is 0. The first-order valence-corrected chi connectivity index (χ1v) is 8.15. The average molecular weight is 340 g/mol. The van der Waals surface area contributed by atoms with E-state index in [1.54, 1.807) is 43.0 Å².